The predicted molar refractivity (Wildman–Crippen MR) is 68.1 cm³/mol. The molecule has 2 rings (SSSR count). The molecule has 0 bridgehead atoms. The van der Waals surface area contributed by atoms with Gasteiger partial charge in [-0.3, -0.25) is 4.98 Å². The van der Waals surface area contributed by atoms with Crippen LogP contribution in [0.5, 0.6) is 0 Å². The monoisotopic (exact) mass is 281 g/mol. The Labute approximate surface area is 105 Å². The first-order chi connectivity index (χ1) is 7.79. The lowest BCUT2D eigenvalue weighted by atomic mass is 10.0. The van der Waals surface area contributed by atoms with Gasteiger partial charge in [0, 0.05) is 10.7 Å². The molecule has 1 heterocycles. The van der Waals surface area contributed by atoms with E-state index in [1.807, 2.05) is 12.1 Å². The summed E-state index contributed by atoms with van der Waals surface area (Å²) in [6.45, 7) is 0. The second-order valence-corrected chi connectivity index (χ2v) is 5.01. The first-order valence-corrected chi connectivity index (χ1v) is 6.56. The van der Waals surface area contributed by atoms with Gasteiger partial charge in [0.15, 0.2) is 0 Å². The lowest BCUT2D eigenvalue weighted by Gasteiger charge is -2.14. The van der Waals surface area contributed by atoms with Gasteiger partial charge in [0.2, 0.25) is 0 Å². The van der Waals surface area contributed by atoms with Crippen molar-refractivity contribution < 1.29 is 5.11 Å². The van der Waals surface area contributed by atoms with Crippen molar-refractivity contribution in [2.45, 2.75) is 38.2 Å². The Hall–Kier alpha value is -0.670. The van der Waals surface area contributed by atoms with Gasteiger partial charge in [0.05, 0.1) is 5.69 Å². The molecule has 3 heteroatoms. The minimum absolute atomic E-state index is 0.548. The maximum absolute atomic E-state index is 10.3. The van der Waals surface area contributed by atoms with Gasteiger partial charge in [-0.05, 0) is 59.3 Å². The van der Waals surface area contributed by atoms with Crippen LogP contribution in [0.1, 0.15) is 43.9 Å². The summed E-state index contributed by atoms with van der Waals surface area (Å²) in [5.41, 5.74) is 1.85. The summed E-state index contributed by atoms with van der Waals surface area (Å²) in [6, 6.07) is 3.78. The zero-order valence-electron chi connectivity index (χ0n) is 9.19. The predicted octanol–water partition coefficient (Wildman–Crippen LogP) is 3.77. The van der Waals surface area contributed by atoms with E-state index in [2.05, 4.69) is 27.0 Å². The third-order valence-corrected chi connectivity index (χ3v) is 3.64. The standard InChI is InChI=1S/C13H16BrNO/c14-11-8-5-9-15-12(11)13(16)10-6-3-1-2-4-7-10/h5-6,8-9,13,16H,1-4,7H2. The van der Waals surface area contributed by atoms with Crippen molar-refractivity contribution in [2.24, 2.45) is 0 Å². The van der Waals surface area contributed by atoms with E-state index < -0.39 is 6.10 Å². The fraction of sp³-hybridized carbons (Fsp3) is 0.462. The molecule has 1 aromatic heterocycles. The molecule has 1 aromatic rings. The molecule has 0 saturated carbocycles. The SMILES string of the molecule is OC(C1=CCCCCC1)c1ncccc1Br. The van der Waals surface area contributed by atoms with Gasteiger partial charge >= 0.3 is 0 Å². The van der Waals surface area contributed by atoms with Crippen molar-refractivity contribution in [1.29, 1.82) is 0 Å². The van der Waals surface area contributed by atoms with Gasteiger partial charge in [-0.1, -0.05) is 12.5 Å². The third-order valence-electron chi connectivity index (χ3n) is 2.97. The third kappa shape index (κ3) is 2.71. The highest BCUT2D eigenvalue weighted by molar-refractivity contribution is 9.10. The first-order valence-electron chi connectivity index (χ1n) is 5.76. The maximum Gasteiger partial charge on any atom is 0.118 e. The number of hydrogen-bond donors (Lipinski definition) is 1. The number of hydrogen-bond acceptors (Lipinski definition) is 2. The quantitative estimate of drug-likeness (QED) is 0.838. The molecule has 2 nitrogen and oxygen atoms in total. The molecule has 86 valence electrons. The molecule has 1 unspecified atom stereocenters. The zero-order valence-corrected chi connectivity index (χ0v) is 10.8. The van der Waals surface area contributed by atoms with Crippen LogP contribution in [0.15, 0.2) is 34.5 Å². The van der Waals surface area contributed by atoms with Gasteiger partial charge in [0.1, 0.15) is 6.10 Å². The van der Waals surface area contributed by atoms with Crippen molar-refractivity contribution in [3.05, 3.63) is 40.1 Å². The Morgan fingerprint density at radius 1 is 1.31 bits per heavy atom. The number of aliphatic hydroxyl groups is 1. The minimum atomic E-state index is -0.548. The summed E-state index contributed by atoms with van der Waals surface area (Å²) in [4.78, 5) is 4.25. The fourth-order valence-corrected chi connectivity index (χ4v) is 2.53. The Balaban J connectivity index is 2.21. The lowest BCUT2D eigenvalue weighted by molar-refractivity contribution is 0.205. The zero-order chi connectivity index (χ0) is 11.4. The summed E-state index contributed by atoms with van der Waals surface area (Å²) in [6.07, 6.45) is 9.09. The van der Waals surface area contributed by atoms with E-state index in [0.29, 0.717) is 0 Å². The molecule has 16 heavy (non-hydrogen) atoms. The molecule has 1 atom stereocenters. The van der Waals surface area contributed by atoms with Crippen LogP contribution in [0, 0.1) is 0 Å². The van der Waals surface area contributed by atoms with E-state index in [0.717, 1.165) is 28.6 Å². The summed E-state index contributed by atoms with van der Waals surface area (Å²) in [5, 5.41) is 10.3. The Morgan fingerprint density at radius 2 is 2.19 bits per heavy atom. The van der Waals surface area contributed by atoms with Gasteiger partial charge in [-0.25, -0.2) is 0 Å². The molecule has 0 saturated heterocycles. The number of aliphatic hydroxyl groups excluding tert-OH is 1. The second kappa shape index (κ2) is 5.60. The normalized spacial score (nSPS) is 18.8. The highest BCUT2D eigenvalue weighted by Gasteiger charge is 2.17. The largest absolute Gasteiger partial charge is 0.382 e. The van der Waals surface area contributed by atoms with E-state index in [4.69, 9.17) is 0 Å². The number of allylic oxidation sites excluding steroid dienone is 1. The van der Waals surface area contributed by atoms with Crippen LogP contribution in [0.3, 0.4) is 0 Å². The Kier molecular flexibility index (Phi) is 4.13. The minimum Gasteiger partial charge on any atom is -0.382 e. The molecule has 1 N–H and O–H groups in total. The molecule has 0 radical (unpaired) electrons. The van der Waals surface area contributed by atoms with Crippen LogP contribution >= 0.6 is 15.9 Å². The first kappa shape index (κ1) is 11.8. The highest BCUT2D eigenvalue weighted by Crippen LogP contribution is 2.31. The molecule has 0 aromatic carbocycles. The van der Waals surface area contributed by atoms with Crippen molar-refractivity contribution in [3.63, 3.8) is 0 Å². The molecule has 0 fully saturated rings. The molecule has 0 aliphatic heterocycles. The molecule has 1 aliphatic carbocycles. The van der Waals surface area contributed by atoms with E-state index in [1.165, 1.54) is 19.3 Å². The Bertz CT molecular complexity index is 389. The average molecular weight is 282 g/mol. The number of nitrogens with zero attached hydrogens (tertiary/aromatic N) is 1. The van der Waals surface area contributed by atoms with Crippen LogP contribution in [0.2, 0.25) is 0 Å². The summed E-state index contributed by atoms with van der Waals surface area (Å²) in [5.74, 6) is 0. The van der Waals surface area contributed by atoms with E-state index in [9.17, 15) is 5.11 Å². The lowest BCUT2D eigenvalue weighted by Crippen LogP contribution is -2.04. The van der Waals surface area contributed by atoms with Gasteiger partial charge in [-0.15, -0.1) is 0 Å². The van der Waals surface area contributed by atoms with Gasteiger partial charge < -0.3 is 5.11 Å². The van der Waals surface area contributed by atoms with Crippen LogP contribution in [0.25, 0.3) is 0 Å². The summed E-state index contributed by atoms with van der Waals surface area (Å²) < 4.78 is 0.882. The number of pyridine rings is 1. The smallest absolute Gasteiger partial charge is 0.118 e. The summed E-state index contributed by atoms with van der Waals surface area (Å²) in [7, 11) is 0. The van der Waals surface area contributed by atoms with Crippen molar-refractivity contribution >= 4 is 15.9 Å². The Morgan fingerprint density at radius 3 is 3.00 bits per heavy atom. The summed E-state index contributed by atoms with van der Waals surface area (Å²) >= 11 is 3.43. The van der Waals surface area contributed by atoms with Crippen molar-refractivity contribution in [3.8, 4) is 0 Å². The number of aromatic nitrogens is 1. The molecular weight excluding hydrogens is 266 g/mol. The van der Waals surface area contributed by atoms with Gasteiger partial charge in [0.25, 0.3) is 0 Å². The molecule has 0 spiro atoms. The van der Waals surface area contributed by atoms with Crippen LogP contribution in [0.4, 0.5) is 0 Å². The van der Waals surface area contributed by atoms with Crippen LogP contribution in [-0.4, -0.2) is 10.1 Å². The fourth-order valence-electron chi connectivity index (χ4n) is 2.06. The number of rotatable bonds is 2. The van der Waals surface area contributed by atoms with E-state index >= 15 is 0 Å². The number of halogens is 1. The second-order valence-electron chi connectivity index (χ2n) is 4.15. The van der Waals surface area contributed by atoms with Crippen molar-refractivity contribution in [1.82, 2.24) is 4.98 Å². The topological polar surface area (TPSA) is 33.1 Å². The highest BCUT2D eigenvalue weighted by atomic mass is 79.9. The van der Waals surface area contributed by atoms with Crippen LogP contribution in [-0.2, 0) is 0 Å². The average Bonchev–Trinajstić information content (AvgIpc) is 2.57. The van der Waals surface area contributed by atoms with E-state index in [1.54, 1.807) is 6.20 Å². The van der Waals surface area contributed by atoms with Crippen LogP contribution < -0.4 is 0 Å². The maximum atomic E-state index is 10.3. The van der Waals surface area contributed by atoms with Gasteiger partial charge in [-0.2, -0.15) is 0 Å². The molecule has 1 aliphatic rings. The molecular formula is C13H16BrNO. The van der Waals surface area contributed by atoms with Crippen molar-refractivity contribution in [2.75, 3.05) is 0 Å². The van der Waals surface area contributed by atoms with E-state index in [-0.39, 0.29) is 0 Å². The molecule has 0 amide bonds.